The van der Waals surface area contributed by atoms with Gasteiger partial charge in [0.05, 0.1) is 5.69 Å². The maximum Gasteiger partial charge on any atom is 0.213 e. The van der Waals surface area contributed by atoms with Crippen LogP contribution in [0.5, 0.6) is 0 Å². The molecule has 0 atom stereocenters. The number of hydrogen-bond donors (Lipinski definition) is 0. The summed E-state index contributed by atoms with van der Waals surface area (Å²) in [5, 5.41) is 2.47. The molecule has 0 aliphatic carbocycles. The molecule has 0 spiro atoms. The molecule has 0 amide bonds. The average molecular weight is 410 g/mol. The highest BCUT2D eigenvalue weighted by Gasteiger charge is 2.18. The molecule has 0 bridgehead atoms. The highest BCUT2D eigenvalue weighted by molar-refractivity contribution is 5.96. The number of rotatable bonds is 3. The van der Waals surface area contributed by atoms with Gasteiger partial charge in [-0.25, -0.2) is 4.57 Å². The number of hydrogen-bond acceptors (Lipinski definition) is 1. The van der Waals surface area contributed by atoms with Crippen molar-refractivity contribution >= 4 is 10.8 Å². The zero-order chi connectivity index (χ0) is 22.3. The quantitative estimate of drug-likeness (QED) is 0.336. The van der Waals surface area contributed by atoms with Crippen molar-refractivity contribution in [2.75, 3.05) is 0 Å². The van der Waals surface area contributed by atoms with Crippen molar-refractivity contribution in [1.82, 2.24) is 4.98 Å². The monoisotopic (exact) mass is 409 g/mol. The third kappa shape index (κ3) is 4.39. The molecule has 158 valence electrons. The van der Waals surface area contributed by atoms with Crippen LogP contribution in [0.2, 0.25) is 0 Å². The van der Waals surface area contributed by atoms with Crippen LogP contribution in [0.25, 0.3) is 33.3 Å². The molecule has 2 heterocycles. The molecule has 4 rings (SSSR count). The summed E-state index contributed by atoms with van der Waals surface area (Å²) in [4.78, 5) is 4.85. The zero-order valence-electron chi connectivity index (χ0n) is 19.9. The van der Waals surface area contributed by atoms with Crippen molar-refractivity contribution in [3.05, 3.63) is 83.2 Å². The lowest BCUT2D eigenvalue weighted by atomic mass is 9.88. The van der Waals surface area contributed by atoms with E-state index in [1.807, 2.05) is 6.20 Å². The van der Waals surface area contributed by atoms with E-state index in [9.17, 15) is 0 Å². The fourth-order valence-electron chi connectivity index (χ4n) is 4.47. The molecule has 0 saturated heterocycles. The van der Waals surface area contributed by atoms with E-state index in [-0.39, 0.29) is 5.41 Å². The van der Waals surface area contributed by atoms with Crippen LogP contribution in [0.4, 0.5) is 0 Å². The molecule has 0 saturated carbocycles. The van der Waals surface area contributed by atoms with Crippen LogP contribution in [0.15, 0.2) is 60.9 Å². The number of aromatic nitrogens is 2. The smallest absolute Gasteiger partial charge is 0.213 e. The summed E-state index contributed by atoms with van der Waals surface area (Å²) in [7, 11) is 2.14. The number of benzene rings is 2. The first kappa shape index (κ1) is 21.2. The summed E-state index contributed by atoms with van der Waals surface area (Å²) in [6, 6.07) is 17.8. The number of aryl methyl sites for hydroxylation is 3. The Labute approximate surface area is 186 Å². The fourth-order valence-corrected chi connectivity index (χ4v) is 4.47. The lowest BCUT2D eigenvalue weighted by Crippen LogP contribution is -2.30. The lowest BCUT2D eigenvalue weighted by molar-refractivity contribution is -0.659. The molecule has 0 radical (unpaired) electrons. The number of fused-ring (bicyclic) bond motifs is 1. The van der Waals surface area contributed by atoms with Crippen molar-refractivity contribution in [2.45, 2.75) is 48.0 Å². The van der Waals surface area contributed by atoms with Crippen molar-refractivity contribution in [1.29, 1.82) is 0 Å². The van der Waals surface area contributed by atoms with Gasteiger partial charge < -0.3 is 0 Å². The molecule has 0 aliphatic rings. The molecule has 2 heteroatoms. The molecule has 0 aliphatic heterocycles. The topological polar surface area (TPSA) is 16.8 Å². The van der Waals surface area contributed by atoms with E-state index in [0.717, 1.165) is 12.1 Å². The van der Waals surface area contributed by atoms with Gasteiger partial charge in [-0.15, -0.1) is 0 Å². The highest BCUT2D eigenvalue weighted by Crippen LogP contribution is 2.32. The Hall–Kier alpha value is -3.00. The maximum atomic E-state index is 4.85. The summed E-state index contributed by atoms with van der Waals surface area (Å²) >= 11 is 0. The summed E-state index contributed by atoms with van der Waals surface area (Å²) in [5.41, 5.74) is 10.2. The van der Waals surface area contributed by atoms with E-state index in [1.165, 1.54) is 49.8 Å². The first-order valence-electron chi connectivity index (χ1n) is 11.1. The highest BCUT2D eigenvalue weighted by atomic mass is 14.9. The van der Waals surface area contributed by atoms with Crippen LogP contribution in [0.1, 0.15) is 43.0 Å². The Bertz CT molecular complexity index is 1260. The van der Waals surface area contributed by atoms with E-state index in [1.54, 1.807) is 0 Å². The summed E-state index contributed by atoms with van der Waals surface area (Å²) in [6.07, 6.45) is 5.30. The van der Waals surface area contributed by atoms with Gasteiger partial charge in [-0.1, -0.05) is 50.6 Å². The molecular weight excluding hydrogens is 376 g/mol. The molecule has 2 nitrogen and oxygen atoms in total. The molecule has 0 unspecified atom stereocenters. The van der Waals surface area contributed by atoms with Crippen LogP contribution in [-0.2, 0) is 13.5 Å². The van der Waals surface area contributed by atoms with Crippen molar-refractivity contribution in [2.24, 2.45) is 12.5 Å². The van der Waals surface area contributed by atoms with Crippen LogP contribution < -0.4 is 4.57 Å². The Morgan fingerprint density at radius 2 is 1.68 bits per heavy atom. The second kappa shape index (κ2) is 7.92. The third-order valence-electron chi connectivity index (χ3n) is 6.06. The van der Waals surface area contributed by atoms with E-state index >= 15 is 0 Å². The van der Waals surface area contributed by atoms with Gasteiger partial charge >= 0.3 is 0 Å². The first-order chi connectivity index (χ1) is 14.6. The molecule has 0 fully saturated rings. The van der Waals surface area contributed by atoms with E-state index < -0.39 is 0 Å². The molecule has 2 aromatic heterocycles. The van der Waals surface area contributed by atoms with Gasteiger partial charge in [-0.05, 0) is 67.5 Å². The Morgan fingerprint density at radius 1 is 0.903 bits per heavy atom. The predicted octanol–water partition coefficient (Wildman–Crippen LogP) is 6.91. The van der Waals surface area contributed by atoms with Gasteiger partial charge in [0, 0.05) is 34.2 Å². The SMILES string of the molecule is Cc1cc(C)c(C)c(-c2cc3c(-c4ccc(CC(C)(C)C)cn4)cccc3c[n+]2C)c1. The summed E-state index contributed by atoms with van der Waals surface area (Å²) < 4.78 is 2.24. The van der Waals surface area contributed by atoms with Crippen LogP contribution >= 0.6 is 0 Å². The number of nitrogens with zero attached hydrogens (tertiary/aromatic N) is 2. The van der Waals surface area contributed by atoms with E-state index in [2.05, 4.69) is 108 Å². The Morgan fingerprint density at radius 3 is 2.35 bits per heavy atom. The van der Waals surface area contributed by atoms with Crippen LogP contribution in [0, 0.1) is 26.2 Å². The standard InChI is InChI=1S/C29H33N2/c1-19-13-20(2)21(3)25(14-19)28-15-26-23(18-31(28)7)9-8-10-24(26)27-12-11-22(17-30-27)16-29(4,5)6/h8-15,17-18H,16H2,1-7H3/q+1. The minimum absolute atomic E-state index is 0.260. The largest absolute Gasteiger partial charge is 0.256 e. The van der Waals surface area contributed by atoms with Gasteiger partial charge in [0.15, 0.2) is 6.20 Å². The van der Waals surface area contributed by atoms with Gasteiger partial charge in [-0.3, -0.25) is 4.98 Å². The first-order valence-corrected chi connectivity index (χ1v) is 11.1. The van der Waals surface area contributed by atoms with Gasteiger partial charge in [-0.2, -0.15) is 0 Å². The molecule has 31 heavy (non-hydrogen) atoms. The summed E-state index contributed by atoms with van der Waals surface area (Å²) in [5.74, 6) is 0. The zero-order valence-corrected chi connectivity index (χ0v) is 19.9. The molecular formula is C29H33N2+. The molecule has 0 N–H and O–H groups in total. The average Bonchev–Trinajstić information content (AvgIpc) is 2.69. The fraction of sp³-hybridized carbons (Fsp3) is 0.310. The van der Waals surface area contributed by atoms with Crippen molar-refractivity contribution in [3.63, 3.8) is 0 Å². The Balaban J connectivity index is 1.86. The minimum Gasteiger partial charge on any atom is -0.256 e. The van der Waals surface area contributed by atoms with Crippen molar-refractivity contribution in [3.8, 4) is 22.5 Å². The predicted molar refractivity (Wildman–Crippen MR) is 131 cm³/mol. The van der Waals surface area contributed by atoms with Crippen LogP contribution in [0.3, 0.4) is 0 Å². The van der Waals surface area contributed by atoms with E-state index in [0.29, 0.717) is 0 Å². The van der Waals surface area contributed by atoms with Crippen molar-refractivity contribution < 1.29 is 4.57 Å². The van der Waals surface area contributed by atoms with Gasteiger partial charge in [0.25, 0.3) is 0 Å². The summed E-state index contributed by atoms with van der Waals surface area (Å²) in [6.45, 7) is 13.4. The van der Waals surface area contributed by atoms with Crippen LogP contribution in [-0.4, -0.2) is 4.98 Å². The number of pyridine rings is 2. The van der Waals surface area contributed by atoms with E-state index in [4.69, 9.17) is 4.98 Å². The van der Waals surface area contributed by atoms with Gasteiger partial charge in [0.2, 0.25) is 5.69 Å². The normalized spacial score (nSPS) is 11.8. The Kier molecular flexibility index (Phi) is 5.43. The molecule has 2 aromatic carbocycles. The second-order valence-electron chi connectivity index (χ2n) is 10.1. The second-order valence-corrected chi connectivity index (χ2v) is 10.1. The molecule has 4 aromatic rings. The maximum absolute atomic E-state index is 4.85. The third-order valence-corrected chi connectivity index (χ3v) is 6.06. The lowest BCUT2D eigenvalue weighted by Gasteiger charge is -2.18. The van der Waals surface area contributed by atoms with Gasteiger partial charge in [0.1, 0.15) is 7.05 Å². The minimum atomic E-state index is 0.260.